The summed E-state index contributed by atoms with van der Waals surface area (Å²) in [6.07, 6.45) is 3.27. The van der Waals surface area contributed by atoms with Crippen LogP contribution in [0.4, 0.5) is 4.79 Å². The third-order valence-corrected chi connectivity index (χ3v) is 7.00. The van der Waals surface area contributed by atoms with Crippen LogP contribution in [0.15, 0.2) is 66.1 Å². The van der Waals surface area contributed by atoms with Gasteiger partial charge in [0.05, 0.1) is 21.4 Å². The van der Waals surface area contributed by atoms with Crippen LogP contribution in [0.1, 0.15) is 41.1 Å². The lowest BCUT2D eigenvalue weighted by Crippen LogP contribution is -2.39. The lowest BCUT2D eigenvalue weighted by Gasteiger charge is -2.30. The van der Waals surface area contributed by atoms with Crippen LogP contribution in [0.5, 0.6) is 5.75 Å². The Morgan fingerprint density at radius 1 is 1.12 bits per heavy atom. The van der Waals surface area contributed by atoms with Gasteiger partial charge in [0.25, 0.3) is 0 Å². The minimum Gasteiger partial charge on any atom is -0.409 e. The van der Waals surface area contributed by atoms with Gasteiger partial charge in [-0.2, -0.15) is 0 Å². The number of likely N-dealkylation sites (tertiary alicyclic amines) is 1. The summed E-state index contributed by atoms with van der Waals surface area (Å²) in [7, 11) is 0. The maximum Gasteiger partial charge on any atom is 0.415 e. The van der Waals surface area contributed by atoms with Crippen LogP contribution >= 0.6 is 22.9 Å². The van der Waals surface area contributed by atoms with Crippen LogP contribution in [-0.4, -0.2) is 29.1 Å². The third kappa shape index (κ3) is 4.50. The van der Waals surface area contributed by atoms with E-state index in [9.17, 15) is 4.79 Å². The third-order valence-electron chi connectivity index (χ3n) is 5.68. The summed E-state index contributed by atoms with van der Waals surface area (Å²) in [6.45, 7) is 1.26. The van der Waals surface area contributed by atoms with E-state index in [1.54, 1.807) is 40.5 Å². The SMILES string of the molecule is O=C(Oc1ccccc1Cl)N1CCC(c2nc(C3=CC(c4ccccc4)ON3)cs2)CC1. The molecular formula is C24H22ClN3O3S. The molecule has 8 heteroatoms. The average Bonchev–Trinajstić information content (AvgIpc) is 3.51. The standard InChI is InChI=1S/C24H22ClN3O3S/c25-18-8-4-5-9-21(18)30-24(29)28-12-10-17(11-13-28)23-26-20(15-32-23)19-14-22(31-27-19)16-6-2-1-3-7-16/h1-9,14-15,17,22,27H,10-13H2. The van der Waals surface area contributed by atoms with Crippen molar-refractivity contribution in [3.05, 3.63) is 87.3 Å². The highest BCUT2D eigenvalue weighted by atomic mass is 35.5. The summed E-state index contributed by atoms with van der Waals surface area (Å²) in [6, 6.07) is 17.1. The number of amides is 1. The Bertz CT molecular complexity index is 1130. The fraction of sp³-hybridized carbons (Fsp3) is 0.250. The van der Waals surface area contributed by atoms with Gasteiger partial charge in [-0.05, 0) is 36.6 Å². The van der Waals surface area contributed by atoms with Crippen molar-refractivity contribution in [2.75, 3.05) is 13.1 Å². The number of ether oxygens (including phenoxy) is 1. The van der Waals surface area contributed by atoms with Crippen molar-refractivity contribution in [3.63, 3.8) is 0 Å². The largest absolute Gasteiger partial charge is 0.415 e. The van der Waals surface area contributed by atoms with Crippen LogP contribution in [0, 0.1) is 0 Å². The fourth-order valence-corrected chi connectivity index (χ4v) is 5.05. The molecule has 0 radical (unpaired) electrons. The van der Waals surface area contributed by atoms with Crippen molar-refractivity contribution in [3.8, 4) is 5.75 Å². The first-order chi connectivity index (χ1) is 15.7. The molecule has 1 N–H and O–H groups in total. The molecule has 1 aromatic heterocycles. The number of para-hydroxylation sites is 1. The molecule has 0 saturated carbocycles. The van der Waals surface area contributed by atoms with Crippen molar-refractivity contribution in [2.24, 2.45) is 0 Å². The molecule has 1 fully saturated rings. The number of nitrogens with zero attached hydrogens (tertiary/aromatic N) is 2. The molecule has 1 unspecified atom stereocenters. The predicted octanol–water partition coefficient (Wildman–Crippen LogP) is 5.79. The van der Waals surface area contributed by atoms with E-state index in [1.807, 2.05) is 30.3 Å². The Hall–Kier alpha value is -2.87. The highest BCUT2D eigenvalue weighted by Gasteiger charge is 2.28. The van der Waals surface area contributed by atoms with Gasteiger partial charge in [0.2, 0.25) is 0 Å². The minimum absolute atomic E-state index is 0.122. The van der Waals surface area contributed by atoms with E-state index in [0.717, 1.165) is 34.8 Å². The number of carbonyl (C=O) groups excluding carboxylic acids is 1. The summed E-state index contributed by atoms with van der Waals surface area (Å²) in [5.74, 6) is 0.713. The number of aromatic nitrogens is 1. The molecule has 164 valence electrons. The maximum atomic E-state index is 12.5. The van der Waals surface area contributed by atoms with Crippen LogP contribution in [0.2, 0.25) is 5.02 Å². The number of carbonyl (C=O) groups is 1. The van der Waals surface area contributed by atoms with Gasteiger partial charge in [0.15, 0.2) is 5.75 Å². The molecule has 0 spiro atoms. The number of piperidine rings is 1. The number of benzene rings is 2. The highest BCUT2D eigenvalue weighted by molar-refractivity contribution is 7.09. The Kier molecular flexibility index (Phi) is 6.12. The number of hydroxylamine groups is 1. The van der Waals surface area contributed by atoms with E-state index in [0.29, 0.717) is 29.8 Å². The molecule has 1 atom stereocenters. The lowest BCUT2D eigenvalue weighted by atomic mass is 9.98. The quantitative estimate of drug-likeness (QED) is 0.526. The van der Waals surface area contributed by atoms with Gasteiger partial charge in [0, 0.05) is 24.4 Å². The zero-order chi connectivity index (χ0) is 21.9. The van der Waals surface area contributed by atoms with E-state index >= 15 is 0 Å². The molecule has 0 aliphatic carbocycles. The molecule has 1 amide bonds. The van der Waals surface area contributed by atoms with Gasteiger partial charge in [-0.15, -0.1) is 11.3 Å². The minimum atomic E-state index is -0.360. The smallest absolute Gasteiger partial charge is 0.409 e. The van der Waals surface area contributed by atoms with Gasteiger partial charge in [-0.3, -0.25) is 10.3 Å². The van der Waals surface area contributed by atoms with Crippen molar-refractivity contribution < 1.29 is 14.4 Å². The molecule has 5 rings (SSSR count). The highest BCUT2D eigenvalue weighted by Crippen LogP contribution is 2.34. The maximum absolute atomic E-state index is 12.5. The van der Waals surface area contributed by atoms with Crippen LogP contribution < -0.4 is 10.2 Å². The van der Waals surface area contributed by atoms with Gasteiger partial charge < -0.3 is 9.64 Å². The van der Waals surface area contributed by atoms with E-state index in [2.05, 4.69) is 16.9 Å². The average molecular weight is 468 g/mol. The van der Waals surface area contributed by atoms with Crippen molar-refractivity contribution in [1.82, 2.24) is 15.4 Å². The van der Waals surface area contributed by atoms with Gasteiger partial charge in [-0.25, -0.2) is 9.78 Å². The van der Waals surface area contributed by atoms with Gasteiger partial charge in [-0.1, -0.05) is 54.1 Å². The summed E-state index contributed by atoms with van der Waals surface area (Å²) in [4.78, 5) is 24.8. The zero-order valence-corrected chi connectivity index (χ0v) is 18.8. The second kappa shape index (κ2) is 9.32. The number of halogens is 1. The summed E-state index contributed by atoms with van der Waals surface area (Å²) >= 11 is 7.74. The first kappa shape index (κ1) is 21.0. The molecule has 2 aliphatic rings. The molecule has 0 bridgehead atoms. The molecule has 3 aromatic rings. The van der Waals surface area contributed by atoms with E-state index < -0.39 is 0 Å². The molecule has 6 nitrogen and oxygen atoms in total. The number of nitrogens with one attached hydrogen (secondary N) is 1. The van der Waals surface area contributed by atoms with Crippen LogP contribution in [-0.2, 0) is 4.84 Å². The van der Waals surface area contributed by atoms with Crippen LogP contribution in [0.25, 0.3) is 5.70 Å². The summed E-state index contributed by atoms with van der Waals surface area (Å²) in [5.41, 5.74) is 5.89. The molecule has 3 heterocycles. The van der Waals surface area contributed by atoms with E-state index in [-0.39, 0.29) is 12.2 Å². The zero-order valence-electron chi connectivity index (χ0n) is 17.2. The second-order valence-electron chi connectivity index (χ2n) is 7.76. The second-order valence-corrected chi connectivity index (χ2v) is 9.06. The summed E-state index contributed by atoms with van der Waals surface area (Å²) in [5, 5.41) is 3.58. The molecule has 2 aromatic carbocycles. The van der Waals surface area contributed by atoms with E-state index in [1.165, 1.54) is 0 Å². The van der Waals surface area contributed by atoms with Gasteiger partial charge in [0.1, 0.15) is 6.10 Å². The molecule has 1 saturated heterocycles. The van der Waals surface area contributed by atoms with Crippen molar-refractivity contribution in [2.45, 2.75) is 24.9 Å². The fourth-order valence-electron chi connectivity index (χ4n) is 3.88. The Morgan fingerprint density at radius 2 is 1.88 bits per heavy atom. The van der Waals surface area contributed by atoms with E-state index in [4.69, 9.17) is 26.2 Å². The van der Waals surface area contributed by atoms with Crippen LogP contribution in [0.3, 0.4) is 0 Å². The van der Waals surface area contributed by atoms with Crippen molar-refractivity contribution >= 4 is 34.7 Å². The first-order valence-corrected chi connectivity index (χ1v) is 11.8. The van der Waals surface area contributed by atoms with Gasteiger partial charge >= 0.3 is 6.09 Å². The first-order valence-electron chi connectivity index (χ1n) is 10.5. The molecule has 2 aliphatic heterocycles. The number of rotatable bonds is 4. The Morgan fingerprint density at radius 3 is 2.66 bits per heavy atom. The molecule has 32 heavy (non-hydrogen) atoms. The Balaban J connectivity index is 1.18. The van der Waals surface area contributed by atoms with Crippen molar-refractivity contribution in [1.29, 1.82) is 0 Å². The lowest BCUT2D eigenvalue weighted by molar-refractivity contribution is 0.0510. The summed E-state index contributed by atoms with van der Waals surface area (Å²) < 4.78 is 5.46. The topological polar surface area (TPSA) is 63.7 Å². The molecular weight excluding hydrogens is 446 g/mol. The monoisotopic (exact) mass is 467 g/mol. The predicted molar refractivity (Wildman–Crippen MR) is 125 cm³/mol. The Labute approximate surface area is 195 Å². The number of thiazole rings is 1. The normalized spacial score (nSPS) is 18.8. The number of hydrogen-bond acceptors (Lipinski definition) is 6. The number of hydrogen-bond donors (Lipinski definition) is 1.